The van der Waals surface area contributed by atoms with Crippen LogP contribution < -0.4 is 4.90 Å². The molecule has 25 heavy (non-hydrogen) atoms. The van der Waals surface area contributed by atoms with Crippen molar-refractivity contribution in [3.63, 3.8) is 0 Å². The Balaban J connectivity index is 1.88. The highest BCUT2D eigenvalue weighted by molar-refractivity contribution is 6.54. The molecule has 0 saturated carbocycles. The van der Waals surface area contributed by atoms with Gasteiger partial charge in [0.25, 0.3) is 5.91 Å². The normalized spacial score (nSPS) is 14.7. The highest BCUT2D eigenvalue weighted by atomic mass is 35.5. The summed E-state index contributed by atoms with van der Waals surface area (Å²) in [5.41, 5.74) is 3.70. The molecule has 0 spiro atoms. The van der Waals surface area contributed by atoms with E-state index >= 15 is 0 Å². The minimum atomic E-state index is -0.565. The predicted octanol–water partition coefficient (Wildman–Crippen LogP) is 3.42. The maximum atomic E-state index is 12.8. The SMILES string of the molecule is Cc1ccc(CN2C(=O)C(=NOC(=O)CCCl)c3ccccc32)cc1. The standard InChI is InChI=1S/C19H17ClN2O3/c1-13-6-8-14(9-7-13)12-22-16-5-3-2-4-15(16)18(19(22)24)21-25-17(23)10-11-20/h2-9H,10-12H2,1H3. The Kier molecular flexibility index (Phi) is 5.14. The monoisotopic (exact) mass is 356 g/mol. The molecule has 0 N–H and O–H groups in total. The van der Waals surface area contributed by atoms with Gasteiger partial charge in [0.05, 0.1) is 18.7 Å². The summed E-state index contributed by atoms with van der Waals surface area (Å²) in [5.74, 6) is -0.710. The van der Waals surface area contributed by atoms with E-state index in [-0.39, 0.29) is 23.9 Å². The number of halogens is 1. The summed E-state index contributed by atoms with van der Waals surface area (Å²) in [5, 5.41) is 3.79. The Morgan fingerprint density at radius 3 is 2.60 bits per heavy atom. The molecule has 6 heteroatoms. The van der Waals surface area contributed by atoms with Crippen LogP contribution in [0.25, 0.3) is 0 Å². The van der Waals surface area contributed by atoms with Crippen LogP contribution in [0.3, 0.4) is 0 Å². The van der Waals surface area contributed by atoms with Crippen molar-refractivity contribution < 1.29 is 14.4 Å². The lowest BCUT2D eigenvalue weighted by Crippen LogP contribution is -2.29. The van der Waals surface area contributed by atoms with E-state index in [0.717, 1.165) is 16.8 Å². The zero-order chi connectivity index (χ0) is 17.8. The van der Waals surface area contributed by atoms with Crippen LogP contribution in [0.2, 0.25) is 0 Å². The van der Waals surface area contributed by atoms with Gasteiger partial charge in [-0.05, 0) is 18.6 Å². The topological polar surface area (TPSA) is 59.0 Å². The highest BCUT2D eigenvalue weighted by Crippen LogP contribution is 2.30. The quantitative estimate of drug-likeness (QED) is 0.468. The van der Waals surface area contributed by atoms with Crippen molar-refractivity contribution in [1.82, 2.24) is 0 Å². The number of rotatable bonds is 5. The fraction of sp³-hybridized carbons (Fsp3) is 0.211. The molecular formula is C19H17ClN2O3. The highest BCUT2D eigenvalue weighted by Gasteiger charge is 2.34. The number of anilines is 1. The van der Waals surface area contributed by atoms with Gasteiger partial charge in [0.15, 0.2) is 5.71 Å². The second kappa shape index (κ2) is 7.49. The zero-order valence-corrected chi connectivity index (χ0v) is 14.5. The number of benzene rings is 2. The second-order valence-corrected chi connectivity index (χ2v) is 6.11. The summed E-state index contributed by atoms with van der Waals surface area (Å²) in [6, 6.07) is 15.3. The third-order valence-electron chi connectivity index (χ3n) is 3.90. The summed E-state index contributed by atoms with van der Waals surface area (Å²) in [4.78, 5) is 30.7. The Morgan fingerprint density at radius 2 is 1.88 bits per heavy atom. The van der Waals surface area contributed by atoms with Crippen LogP contribution in [0, 0.1) is 6.92 Å². The van der Waals surface area contributed by atoms with Crippen molar-refractivity contribution in [2.24, 2.45) is 5.16 Å². The molecule has 1 amide bonds. The van der Waals surface area contributed by atoms with E-state index < -0.39 is 5.97 Å². The summed E-state index contributed by atoms with van der Waals surface area (Å²) >= 11 is 5.50. The second-order valence-electron chi connectivity index (χ2n) is 5.74. The average Bonchev–Trinajstić information content (AvgIpc) is 2.87. The van der Waals surface area contributed by atoms with Gasteiger partial charge < -0.3 is 9.74 Å². The Bertz CT molecular complexity index is 831. The van der Waals surface area contributed by atoms with Crippen molar-refractivity contribution in [3.8, 4) is 0 Å². The van der Waals surface area contributed by atoms with E-state index in [1.165, 1.54) is 0 Å². The molecule has 2 aromatic rings. The first-order chi connectivity index (χ1) is 12.1. The van der Waals surface area contributed by atoms with Gasteiger partial charge in [-0.2, -0.15) is 0 Å². The molecule has 0 unspecified atom stereocenters. The van der Waals surface area contributed by atoms with Gasteiger partial charge in [0, 0.05) is 11.4 Å². The molecule has 1 aliphatic heterocycles. The molecule has 0 atom stereocenters. The molecule has 5 nitrogen and oxygen atoms in total. The summed E-state index contributed by atoms with van der Waals surface area (Å²) in [6.07, 6.45) is 0.0429. The number of para-hydroxylation sites is 1. The van der Waals surface area contributed by atoms with Gasteiger partial charge >= 0.3 is 5.97 Å². The minimum Gasteiger partial charge on any atom is -0.317 e. The first kappa shape index (κ1) is 17.2. The van der Waals surface area contributed by atoms with E-state index in [2.05, 4.69) is 5.16 Å². The molecule has 0 aromatic heterocycles. The Labute approximate surface area is 150 Å². The van der Waals surface area contributed by atoms with Gasteiger partial charge in [-0.25, -0.2) is 4.79 Å². The largest absolute Gasteiger partial charge is 0.336 e. The molecule has 0 fully saturated rings. The molecule has 128 valence electrons. The third kappa shape index (κ3) is 3.72. The van der Waals surface area contributed by atoms with Gasteiger partial charge in [-0.15, -0.1) is 11.6 Å². The molecule has 0 saturated heterocycles. The molecule has 0 bridgehead atoms. The summed E-state index contributed by atoms with van der Waals surface area (Å²) in [6.45, 7) is 2.44. The number of oxime groups is 1. The maximum absolute atomic E-state index is 12.8. The van der Waals surface area contributed by atoms with Gasteiger partial charge in [0.1, 0.15) is 0 Å². The molecule has 1 heterocycles. The third-order valence-corrected chi connectivity index (χ3v) is 4.09. The van der Waals surface area contributed by atoms with Crippen molar-refractivity contribution >= 4 is 34.9 Å². The average molecular weight is 357 g/mol. The molecular weight excluding hydrogens is 340 g/mol. The molecule has 3 rings (SSSR count). The van der Waals surface area contributed by atoms with Gasteiger partial charge in [0.2, 0.25) is 0 Å². The number of fused-ring (bicyclic) bond motifs is 1. The lowest BCUT2D eigenvalue weighted by molar-refractivity contribution is -0.143. The lowest BCUT2D eigenvalue weighted by Gasteiger charge is -2.16. The van der Waals surface area contributed by atoms with E-state index in [0.29, 0.717) is 12.1 Å². The van der Waals surface area contributed by atoms with E-state index in [4.69, 9.17) is 16.4 Å². The van der Waals surface area contributed by atoms with Crippen LogP contribution in [0.5, 0.6) is 0 Å². The van der Waals surface area contributed by atoms with Gasteiger partial charge in [-0.3, -0.25) is 4.79 Å². The smallest absolute Gasteiger partial charge is 0.317 e. The van der Waals surface area contributed by atoms with Crippen molar-refractivity contribution in [2.75, 3.05) is 10.8 Å². The number of amides is 1. The Hall–Kier alpha value is -2.66. The molecule has 0 radical (unpaired) electrons. The van der Waals surface area contributed by atoms with Crippen molar-refractivity contribution in [2.45, 2.75) is 19.9 Å². The van der Waals surface area contributed by atoms with Crippen LogP contribution in [0.1, 0.15) is 23.1 Å². The summed E-state index contributed by atoms with van der Waals surface area (Å²) < 4.78 is 0. The van der Waals surface area contributed by atoms with Crippen LogP contribution in [0.15, 0.2) is 53.7 Å². The fourth-order valence-corrected chi connectivity index (χ4v) is 2.76. The molecule has 1 aliphatic rings. The Morgan fingerprint density at radius 1 is 1.16 bits per heavy atom. The first-order valence-electron chi connectivity index (χ1n) is 7.91. The molecule has 2 aromatic carbocycles. The van der Waals surface area contributed by atoms with E-state index in [1.807, 2.05) is 49.4 Å². The number of hydrogen-bond acceptors (Lipinski definition) is 4. The number of carbonyl (C=O) groups is 2. The first-order valence-corrected chi connectivity index (χ1v) is 8.44. The van der Waals surface area contributed by atoms with E-state index in [1.54, 1.807) is 11.0 Å². The molecule has 0 aliphatic carbocycles. The van der Waals surface area contributed by atoms with Crippen LogP contribution >= 0.6 is 11.6 Å². The maximum Gasteiger partial charge on any atom is 0.336 e. The van der Waals surface area contributed by atoms with Crippen molar-refractivity contribution in [3.05, 3.63) is 65.2 Å². The lowest BCUT2D eigenvalue weighted by atomic mass is 10.1. The number of carbonyl (C=O) groups excluding carboxylic acids is 2. The van der Waals surface area contributed by atoms with Crippen LogP contribution in [-0.4, -0.2) is 23.5 Å². The fourth-order valence-electron chi connectivity index (χ4n) is 2.60. The summed E-state index contributed by atoms with van der Waals surface area (Å²) in [7, 11) is 0. The van der Waals surface area contributed by atoms with Crippen LogP contribution in [0.4, 0.5) is 5.69 Å². The number of alkyl halides is 1. The van der Waals surface area contributed by atoms with Crippen LogP contribution in [-0.2, 0) is 21.0 Å². The predicted molar refractivity (Wildman–Crippen MR) is 96.8 cm³/mol. The van der Waals surface area contributed by atoms with E-state index in [9.17, 15) is 9.59 Å². The number of nitrogens with zero attached hydrogens (tertiary/aromatic N) is 2. The zero-order valence-electron chi connectivity index (χ0n) is 13.7. The number of hydrogen-bond donors (Lipinski definition) is 0. The number of aryl methyl sites for hydroxylation is 1. The minimum absolute atomic E-state index is 0.0429. The van der Waals surface area contributed by atoms with Gasteiger partial charge in [-0.1, -0.05) is 53.2 Å². The van der Waals surface area contributed by atoms with Crippen molar-refractivity contribution in [1.29, 1.82) is 0 Å².